The number of ketones is 1. The monoisotopic (exact) mass is 222 g/mol. The van der Waals surface area contributed by atoms with Gasteiger partial charge in [-0.25, -0.2) is 0 Å². The number of carbonyl (C=O) groups excluding carboxylic acids is 1. The quantitative estimate of drug-likeness (QED) is 0.698. The van der Waals surface area contributed by atoms with Gasteiger partial charge in [-0.05, 0) is 25.7 Å². The summed E-state index contributed by atoms with van der Waals surface area (Å²) < 4.78 is 37.0. The predicted octanol–water partition coefficient (Wildman–Crippen LogP) is 3.58. The molecule has 0 heterocycles. The lowest BCUT2D eigenvalue weighted by atomic mass is 9.77. The van der Waals surface area contributed by atoms with Crippen molar-refractivity contribution in [2.45, 2.75) is 45.7 Å². The molecule has 1 aliphatic carbocycles. The fourth-order valence-electron chi connectivity index (χ4n) is 2.18. The Morgan fingerprint density at radius 3 is 1.93 bits per heavy atom. The van der Waals surface area contributed by atoms with Gasteiger partial charge in [-0.15, -0.1) is 0 Å². The Hall–Kier alpha value is -0.540. The molecule has 0 aromatic heterocycles. The van der Waals surface area contributed by atoms with Crippen molar-refractivity contribution in [1.82, 2.24) is 0 Å². The Morgan fingerprint density at radius 2 is 1.60 bits per heavy atom. The highest BCUT2D eigenvalue weighted by atomic mass is 19.4. The van der Waals surface area contributed by atoms with Crippen molar-refractivity contribution in [3.8, 4) is 0 Å². The molecule has 0 bridgehead atoms. The standard InChI is InChI=1S/C11H17F3O/c1-7(2)10(15)8-3-5-9(6-4-8)11(12,13)14/h7-9H,3-6H2,1-2H3. The Balaban J connectivity index is 2.46. The fraction of sp³-hybridized carbons (Fsp3) is 0.909. The SMILES string of the molecule is CC(C)C(=O)C1CCC(C(F)(F)F)CC1. The summed E-state index contributed by atoms with van der Waals surface area (Å²) in [5, 5.41) is 0. The van der Waals surface area contributed by atoms with Crippen LogP contribution in [0.2, 0.25) is 0 Å². The molecule has 0 spiro atoms. The van der Waals surface area contributed by atoms with E-state index in [0.717, 1.165) is 0 Å². The lowest BCUT2D eigenvalue weighted by Gasteiger charge is -2.29. The van der Waals surface area contributed by atoms with Gasteiger partial charge in [0, 0.05) is 11.8 Å². The number of rotatable bonds is 2. The number of hydrogen-bond donors (Lipinski definition) is 0. The van der Waals surface area contributed by atoms with Gasteiger partial charge in [0.2, 0.25) is 0 Å². The molecule has 4 heteroatoms. The van der Waals surface area contributed by atoms with E-state index in [1.165, 1.54) is 0 Å². The molecule has 15 heavy (non-hydrogen) atoms. The number of carbonyl (C=O) groups is 1. The summed E-state index contributed by atoms with van der Waals surface area (Å²) in [6, 6.07) is 0. The maximum absolute atomic E-state index is 12.3. The number of alkyl halides is 3. The summed E-state index contributed by atoms with van der Waals surface area (Å²) in [6.07, 6.45) is -3.03. The van der Waals surface area contributed by atoms with E-state index >= 15 is 0 Å². The highest BCUT2D eigenvalue weighted by Gasteiger charge is 2.42. The van der Waals surface area contributed by atoms with Crippen molar-refractivity contribution >= 4 is 5.78 Å². The summed E-state index contributed by atoms with van der Waals surface area (Å²) in [5.41, 5.74) is 0. The van der Waals surface area contributed by atoms with Gasteiger partial charge in [0.05, 0.1) is 5.92 Å². The van der Waals surface area contributed by atoms with Gasteiger partial charge in [0.25, 0.3) is 0 Å². The zero-order valence-electron chi connectivity index (χ0n) is 9.10. The lowest BCUT2D eigenvalue weighted by molar-refractivity contribution is -0.184. The Bertz CT molecular complexity index is 224. The number of hydrogen-bond acceptors (Lipinski definition) is 1. The van der Waals surface area contributed by atoms with Crippen LogP contribution < -0.4 is 0 Å². The van der Waals surface area contributed by atoms with Crippen molar-refractivity contribution in [3.63, 3.8) is 0 Å². The maximum atomic E-state index is 12.3. The Kier molecular flexibility index (Phi) is 3.79. The molecule has 0 aromatic carbocycles. The largest absolute Gasteiger partial charge is 0.391 e. The van der Waals surface area contributed by atoms with Gasteiger partial charge in [-0.1, -0.05) is 13.8 Å². The van der Waals surface area contributed by atoms with Crippen LogP contribution in [-0.4, -0.2) is 12.0 Å². The highest BCUT2D eigenvalue weighted by Crippen LogP contribution is 2.40. The van der Waals surface area contributed by atoms with Crippen LogP contribution in [0, 0.1) is 17.8 Å². The average molecular weight is 222 g/mol. The molecule has 0 N–H and O–H groups in total. The normalized spacial score (nSPS) is 28.1. The first-order valence-corrected chi connectivity index (χ1v) is 5.42. The summed E-state index contributed by atoms with van der Waals surface area (Å²) in [6.45, 7) is 3.61. The molecular weight excluding hydrogens is 205 g/mol. The lowest BCUT2D eigenvalue weighted by Crippen LogP contribution is -2.31. The first-order chi connectivity index (χ1) is 6.82. The van der Waals surface area contributed by atoms with Crippen LogP contribution in [0.4, 0.5) is 13.2 Å². The van der Waals surface area contributed by atoms with E-state index < -0.39 is 12.1 Å². The van der Waals surface area contributed by atoms with E-state index in [2.05, 4.69) is 0 Å². The molecule has 1 saturated carbocycles. The number of halogens is 3. The van der Waals surface area contributed by atoms with Crippen LogP contribution in [0.25, 0.3) is 0 Å². The Labute approximate surface area is 88.0 Å². The molecule has 0 amide bonds. The highest BCUT2D eigenvalue weighted by molar-refractivity contribution is 5.82. The maximum Gasteiger partial charge on any atom is 0.391 e. The first-order valence-electron chi connectivity index (χ1n) is 5.42. The first kappa shape index (κ1) is 12.5. The van der Waals surface area contributed by atoms with Gasteiger partial charge in [0.15, 0.2) is 0 Å². The van der Waals surface area contributed by atoms with Gasteiger partial charge in [0.1, 0.15) is 5.78 Å². The fourth-order valence-corrected chi connectivity index (χ4v) is 2.18. The van der Waals surface area contributed by atoms with Crippen molar-refractivity contribution in [3.05, 3.63) is 0 Å². The van der Waals surface area contributed by atoms with E-state index in [1.807, 2.05) is 0 Å². The molecule has 0 atom stereocenters. The molecule has 0 radical (unpaired) electrons. The van der Waals surface area contributed by atoms with Gasteiger partial charge < -0.3 is 0 Å². The second kappa shape index (κ2) is 4.54. The molecule has 0 aliphatic heterocycles. The average Bonchev–Trinajstić information content (AvgIpc) is 2.15. The van der Waals surface area contributed by atoms with Crippen LogP contribution in [0.5, 0.6) is 0 Å². The van der Waals surface area contributed by atoms with E-state index in [9.17, 15) is 18.0 Å². The molecule has 0 saturated heterocycles. The van der Waals surface area contributed by atoms with Gasteiger partial charge in [-0.3, -0.25) is 4.79 Å². The van der Waals surface area contributed by atoms with E-state index in [4.69, 9.17) is 0 Å². The Morgan fingerprint density at radius 1 is 1.13 bits per heavy atom. The number of Topliss-reactive ketones (excluding diaryl/α,β-unsaturated/α-hetero) is 1. The summed E-state index contributed by atoms with van der Waals surface area (Å²) in [5.74, 6) is -1.26. The minimum absolute atomic E-state index is 0.0579. The van der Waals surface area contributed by atoms with Crippen molar-refractivity contribution < 1.29 is 18.0 Å². The third kappa shape index (κ3) is 3.21. The van der Waals surface area contributed by atoms with Gasteiger partial charge in [-0.2, -0.15) is 13.2 Å². The summed E-state index contributed by atoms with van der Waals surface area (Å²) >= 11 is 0. The zero-order valence-corrected chi connectivity index (χ0v) is 9.10. The van der Waals surface area contributed by atoms with Crippen LogP contribution in [0.1, 0.15) is 39.5 Å². The van der Waals surface area contributed by atoms with Crippen LogP contribution in [0.15, 0.2) is 0 Å². The third-order valence-electron chi connectivity index (χ3n) is 3.16. The van der Waals surface area contributed by atoms with Crippen LogP contribution in [-0.2, 0) is 4.79 Å². The molecular formula is C11H17F3O. The van der Waals surface area contributed by atoms with Crippen molar-refractivity contribution in [2.75, 3.05) is 0 Å². The third-order valence-corrected chi connectivity index (χ3v) is 3.16. The smallest absolute Gasteiger partial charge is 0.299 e. The van der Waals surface area contributed by atoms with Crippen LogP contribution >= 0.6 is 0 Å². The summed E-state index contributed by atoms with van der Waals surface area (Å²) in [4.78, 5) is 11.6. The van der Waals surface area contributed by atoms with E-state index in [-0.39, 0.29) is 30.5 Å². The minimum Gasteiger partial charge on any atom is -0.299 e. The second-order valence-corrected chi connectivity index (χ2v) is 4.65. The van der Waals surface area contributed by atoms with E-state index in [1.54, 1.807) is 13.8 Å². The molecule has 1 fully saturated rings. The summed E-state index contributed by atoms with van der Waals surface area (Å²) in [7, 11) is 0. The molecule has 0 aromatic rings. The topological polar surface area (TPSA) is 17.1 Å². The van der Waals surface area contributed by atoms with Crippen molar-refractivity contribution in [2.24, 2.45) is 17.8 Å². The molecule has 1 rings (SSSR count). The second-order valence-electron chi connectivity index (χ2n) is 4.65. The molecule has 1 nitrogen and oxygen atoms in total. The van der Waals surface area contributed by atoms with E-state index in [0.29, 0.717) is 12.8 Å². The molecule has 1 aliphatic rings. The van der Waals surface area contributed by atoms with Crippen molar-refractivity contribution in [1.29, 1.82) is 0 Å². The minimum atomic E-state index is -4.08. The predicted molar refractivity (Wildman–Crippen MR) is 51.3 cm³/mol. The molecule has 88 valence electrons. The zero-order chi connectivity index (χ0) is 11.6. The molecule has 0 unspecified atom stereocenters. The van der Waals surface area contributed by atoms with Gasteiger partial charge >= 0.3 is 6.18 Å². The van der Waals surface area contributed by atoms with Crippen LogP contribution in [0.3, 0.4) is 0 Å².